The number of likely N-dealkylation sites (N-methyl/N-ethyl adjacent to an activating group) is 1. The third-order valence-electron chi connectivity index (χ3n) is 7.43. The van der Waals surface area contributed by atoms with Crippen molar-refractivity contribution in [2.45, 2.75) is 62.8 Å². The van der Waals surface area contributed by atoms with Crippen LogP contribution in [0.3, 0.4) is 0 Å². The summed E-state index contributed by atoms with van der Waals surface area (Å²) < 4.78 is 32.4. The lowest BCUT2D eigenvalue weighted by molar-refractivity contribution is -0.147. The zero-order valence-corrected chi connectivity index (χ0v) is 21.0. The molecule has 2 fully saturated rings. The zero-order valence-electron chi connectivity index (χ0n) is 21.0. The van der Waals surface area contributed by atoms with Gasteiger partial charge < -0.3 is 30.5 Å². The molecule has 202 valence electrons. The summed E-state index contributed by atoms with van der Waals surface area (Å²) in [6, 6.07) is 0.944. The van der Waals surface area contributed by atoms with Crippen molar-refractivity contribution >= 4 is 23.6 Å². The van der Waals surface area contributed by atoms with Crippen LogP contribution in [0.15, 0.2) is 18.2 Å². The Bertz CT molecular complexity index is 1060. The predicted molar refractivity (Wildman–Crippen MR) is 129 cm³/mol. The van der Waals surface area contributed by atoms with Gasteiger partial charge in [-0.3, -0.25) is 19.2 Å². The number of benzene rings is 1. The Hall–Kier alpha value is -3.28. The van der Waals surface area contributed by atoms with Gasteiger partial charge >= 0.3 is 0 Å². The van der Waals surface area contributed by atoms with E-state index in [1.165, 1.54) is 21.9 Å². The van der Waals surface area contributed by atoms with Gasteiger partial charge in [0.25, 0.3) is 5.91 Å². The van der Waals surface area contributed by atoms with E-state index in [-0.39, 0.29) is 25.0 Å². The van der Waals surface area contributed by atoms with Crippen LogP contribution in [0, 0.1) is 5.82 Å². The highest BCUT2D eigenvalue weighted by molar-refractivity contribution is 5.94. The van der Waals surface area contributed by atoms with Crippen molar-refractivity contribution < 1.29 is 32.7 Å². The van der Waals surface area contributed by atoms with Gasteiger partial charge in [-0.2, -0.15) is 0 Å². The number of carbonyl (C=O) groups excluding carboxylic acids is 4. The quantitative estimate of drug-likeness (QED) is 0.499. The second-order valence-corrected chi connectivity index (χ2v) is 9.71. The van der Waals surface area contributed by atoms with Crippen molar-refractivity contribution in [3.05, 3.63) is 29.6 Å². The van der Waals surface area contributed by atoms with Crippen LogP contribution < -0.4 is 20.7 Å². The highest BCUT2D eigenvalue weighted by atomic mass is 19.1. The number of ether oxygens (including phenoxy) is 1. The monoisotopic (exact) mass is 521 g/mol. The fourth-order valence-corrected chi connectivity index (χ4v) is 5.26. The van der Waals surface area contributed by atoms with E-state index in [0.717, 1.165) is 0 Å². The molecule has 0 aliphatic carbocycles. The van der Waals surface area contributed by atoms with E-state index < -0.39 is 54.4 Å². The van der Waals surface area contributed by atoms with Crippen LogP contribution in [0.25, 0.3) is 0 Å². The Labute approximate surface area is 214 Å². The van der Waals surface area contributed by atoms with Crippen LogP contribution in [-0.4, -0.2) is 91.0 Å². The molecule has 0 aromatic heterocycles. The highest BCUT2D eigenvalue weighted by Gasteiger charge is 2.46. The number of rotatable bonds is 6. The molecule has 0 bridgehead atoms. The van der Waals surface area contributed by atoms with Crippen LogP contribution in [-0.2, 0) is 19.2 Å². The van der Waals surface area contributed by atoms with E-state index in [1.807, 2.05) is 0 Å². The van der Waals surface area contributed by atoms with E-state index in [9.17, 15) is 28.0 Å². The topological polar surface area (TPSA) is 120 Å². The molecule has 5 atom stereocenters. The van der Waals surface area contributed by atoms with Crippen LogP contribution in [0.4, 0.5) is 8.78 Å². The van der Waals surface area contributed by atoms with Gasteiger partial charge in [-0.15, -0.1) is 0 Å². The van der Waals surface area contributed by atoms with E-state index in [0.29, 0.717) is 43.6 Å². The normalized spacial score (nSPS) is 26.2. The molecule has 3 N–H and O–H groups in total. The maximum Gasteiger partial charge on any atom is 0.254 e. The number of carbonyl (C=O) groups is 4. The third-order valence-corrected chi connectivity index (χ3v) is 7.43. The number of fused-ring (bicyclic) bond motifs is 2. The van der Waals surface area contributed by atoms with Crippen molar-refractivity contribution in [1.82, 2.24) is 25.8 Å². The van der Waals surface area contributed by atoms with Gasteiger partial charge in [0, 0.05) is 37.2 Å². The summed E-state index contributed by atoms with van der Waals surface area (Å²) in [5.74, 6) is -2.08. The van der Waals surface area contributed by atoms with Gasteiger partial charge in [0.15, 0.2) is 6.67 Å². The van der Waals surface area contributed by atoms with Crippen molar-refractivity contribution in [1.29, 1.82) is 0 Å². The molecule has 3 aliphatic heterocycles. The molecule has 1 aromatic rings. The van der Waals surface area contributed by atoms with Crippen molar-refractivity contribution in [2.24, 2.45) is 0 Å². The van der Waals surface area contributed by atoms with Gasteiger partial charge in [0.05, 0.1) is 18.7 Å². The van der Waals surface area contributed by atoms with E-state index >= 15 is 0 Å². The molecular weight excluding hydrogens is 488 g/mol. The number of nitrogens with one attached hydrogen (secondary N) is 3. The summed E-state index contributed by atoms with van der Waals surface area (Å²) in [4.78, 5) is 54.8. The minimum absolute atomic E-state index is 0.180. The number of hydrogen-bond acceptors (Lipinski definition) is 6. The Kier molecular flexibility index (Phi) is 8.25. The summed E-state index contributed by atoms with van der Waals surface area (Å²) in [5, 5.41) is 8.47. The Morgan fingerprint density at radius 3 is 2.65 bits per heavy atom. The summed E-state index contributed by atoms with van der Waals surface area (Å²) in [6.07, 6.45) is 1.83. The number of amides is 4. The van der Waals surface area contributed by atoms with Gasteiger partial charge in [0.1, 0.15) is 23.7 Å². The lowest BCUT2D eigenvalue weighted by atomic mass is 9.99. The molecule has 4 rings (SSSR count). The molecular formula is C25H33F2N5O5. The first kappa shape index (κ1) is 26.8. The Morgan fingerprint density at radius 2 is 1.92 bits per heavy atom. The minimum atomic E-state index is -1.20. The lowest BCUT2D eigenvalue weighted by Crippen LogP contribution is -2.62. The van der Waals surface area contributed by atoms with Crippen molar-refractivity contribution in [3.8, 4) is 5.75 Å². The molecule has 0 saturated carbocycles. The fourth-order valence-electron chi connectivity index (χ4n) is 5.26. The van der Waals surface area contributed by atoms with Gasteiger partial charge in [-0.05, 0) is 39.3 Å². The molecule has 3 heterocycles. The van der Waals surface area contributed by atoms with Crippen LogP contribution in [0.5, 0.6) is 5.75 Å². The number of alkyl halides is 1. The molecule has 1 aromatic carbocycles. The molecule has 12 heteroatoms. The molecule has 4 amide bonds. The largest absolute Gasteiger partial charge is 0.493 e. The smallest absolute Gasteiger partial charge is 0.254 e. The SMILES string of the molecule is CN[C@@H](C)C(=O)N[C@H]1CN(C(=O)CF)CC[C@H]2CC[C@@H](C(=O)N[C@@H]3CCOc4cc(F)ccc43)N2C1=O. The first-order valence-electron chi connectivity index (χ1n) is 12.6. The average Bonchev–Trinajstić information content (AvgIpc) is 3.31. The maximum absolute atomic E-state index is 13.7. The number of nitrogens with zero attached hydrogens (tertiary/aromatic N) is 2. The van der Waals surface area contributed by atoms with E-state index in [1.54, 1.807) is 20.0 Å². The van der Waals surface area contributed by atoms with Gasteiger partial charge in [0.2, 0.25) is 17.7 Å². The zero-order chi connectivity index (χ0) is 26.7. The van der Waals surface area contributed by atoms with Gasteiger partial charge in [-0.1, -0.05) is 6.07 Å². The van der Waals surface area contributed by atoms with Crippen molar-refractivity contribution in [3.63, 3.8) is 0 Å². The van der Waals surface area contributed by atoms with Gasteiger partial charge in [-0.25, -0.2) is 8.78 Å². The standard InChI is InChI=1S/C25H33F2N5O5/c1-14(28-2)23(34)30-19-13-31(22(33)12-26)9-7-16-4-6-20(32(16)25(19)36)24(35)29-18-8-10-37-21-11-15(27)3-5-17(18)21/h3,5,11,14,16,18-20,28H,4,6-10,12-13H2,1-2H3,(H,29,35)(H,30,34)/t14-,16+,18+,19-,20-/m0/s1. The fraction of sp³-hybridized carbons (Fsp3) is 0.600. The van der Waals surface area contributed by atoms with Crippen LogP contribution in [0.1, 0.15) is 44.2 Å². The van der Waals surface area contributed by atoms with E-state index in [4.69, 9.17) is 4.74 Å². The predicted octanol–water partition coefficient (Wildman–Crippen LogP) is 0.420. The van der Waals surface area contributed by atoms with E-state index in [2.05, 4.69) is 16.0 Å². The first-order chi connectivity index (χ1) is 17.7. The molecule has 0 unspecified atom stereocenters. The summed E-state index contributed by atoms with van der Waals surface area (Å²) in [7, 11) is 1.60. The summed E-state index contributed by atoms with van der Waals surface area (Å²) >= 11 is 0. The molecule has 0 spiro atoms. The number of hydrogen-bond donors (Lipinski definition) is 3. The molecule has 10 nitrogen and oxygen atoms in total. The maximum atomic E-state index is 13.7. The first-order valence-corrected chi connectivity index (χ1v) is 12.6. The Balaban J connectivity index is 1.55. The van der Waals surface area contributed by atoms with Crippen LogP contribution >= 0.6 is 0 Å². The molecule has 0 radical (unpaired) electrons. The summed E-state index contributed by atoms with van der Waals surface area (Å²) in [6.45, 7) is 0.767. The second kappa shape index (κ2) is 11.4. The lowest BCUT2D eigenvalue weighted by Gasteiger charge is -2.39. The molecule has 3 aliphatic rings. The Morgan fingerprint density at radius 1 is 1.14 bits per heavy atom. The van der Waals surface area contributed by atoms with Crippen molar-refractivity contribution in [2.75, 3.05) is 33.4 Å². The molecule has 37 heavy (non-hydrogen) atoms. The number of halogens is 2. The summed E-state index contributed by atoms with van der Waals surface area (Å²) in [5.41, 5.74) is 0.668. The highest BCUT2D eigenvalue weighted by Crippen LogP contribution is 2.34. The average molecular weight is 522 g/mol. The minimum Gasteiger partial charge on any atom is -0.493 e. The second-order valence-electron chi connectivity index (χ2n) is 9.71. The van der Waals surface area contributed by atoms with Crippen LogP contribution in [0.2, 0.25) is 0 Å². The third kappa shape index (κ3) is 5.68. The molecule has 2 saturated heterocycles.